The van der Waals surface area contributed by atoms with E-state index in [0.29, 0.717) is 56.4 Å². The lowest BCUT2D eigenvalue weighted by Gasteiger charge is -2.39. The number of halogens is 1. The van der Waals surface area contributed by atoms with Gasteiger partial charge in [-0.25, -0.2) is 9.29 Å². The fraction of sp³-hybridized carbons (Fsp3) is 0.146. The van der Waals surface area contributed by atoms with Crippen LogP contribution in [-0.2, 0) is 25.2 Å². The third kappa shape index (κ3) is 3.46. The van der Waals surface area contributed by atoms with Crippen LogP contribution in [0.15, 0.2) is 121 Å². The molecule has 0 N–H and O–H groups in total. The first-order valence-corrected chi connectivity index (χ1v) is 16.3. The van der Waals surface area contributed by atoms with Crippen LogP contribution in [0, 0.1) is 17.7 Å². The highest BCUT2D eigenvalue weighted by Crippen LogP contribution is 2.74. The van der Waals surface area contributed by atoms with Crippen LogP contribution in [-0.4, -0.2) is 31.2 Å². The van der Waals surface area contributed by atoms with Gasteiger partial charge in [0.2, 0.25) is 25.4 Å². The first kappa shape index (κ1) is 28.8. The summed E-state index contributed by atoms with van der Waals surface area (Å²) in [5.74, 6) is -1.94. The summed E-state index contributed by atoms with van der Waals surface area (Å²) in [4.78, 5) is 47.4. The van der Waals surface area contributed by atoms with Gasteiger partial charge in [0.1, 0.15) is 5.82 Å². The van der Waals surface area contributed by atoms with E-state index in [4.69, 9.17) is 18.9 Å². The van der Waals surface area contributed by atoms with Gasteiger partial charge in [-0.1, -0.05) is 72.8 Å². The smallest absolute Gasteiger partial charge is 0.239 e. The Morgan fingerprint density at radius 2 is 0.980 bits per heavy atom. The molecule has 0 spiro atoms. The molecule has 2 bridgehead atoms. The predicted molar refractivity (Wildman–Crippen MR) is 179 cm³/mol. The van der Waals surface area contributed by atoms with Crippen molar-refractivity contribution in [2.75, 3.05) is 18.5 Å². The number of anilines is 1. The van der Waals surface area contributed by atoms with E-state index >= 15 is 14.4 Å². The van der Waals surface area contributed by atoms with Crippen molar-refractivity contribution in [2.45, 2.75) is 10.8 Å². The van der Waals surface area contributed by atoms with Crippen LogP contribution in [0.3, 0.4) is 0 Å². The number of ketones is 1. The van der Waals surface area contributed by atoms with Crippen molar-refractivity contribution in [3.63, 3.8) is 0 Å². The summed E-state index contributed by atoms with van der Waals surface area (Å²) in [6, 6.07) is 34.8. The number of allylic oxidation sites excluding steroid dienone is 2. The molecule has 0 radical (unpaired) electrons. The maximum atomic E-state index is 16.1. The largest absolute Gasteiger partial charge is 0.454 e. The Morgan fingerprint density at radius 1 is 0.540 bits per heavy atom. The molecule has 0 aromatic heterocycles. The first-order chi connectivity index (χ1) is 24.5. The molecule has 9 heteroatoms. The highest BCUT2D eigenvalue weighted by Gasteiger charge is 2.82. The number of nitrogens with zero attached hydrogens (tertiary/aromatic N) is 1. The van der Waals surface area contributed by atoms with E-state index in [1.807, 2.05) is 84.9 Å². The average molecular weight is 664 g/mol. The molecule has 5 aromatic rings. The second kappa shape index (κ2) is 10.1. The molecular weight excluding hydrogens is 637 g/mol. The van der Waals surface area contributed by atoms with Gasteiger partial charge in [0.15, 0.2) is 28.8 Å². The topological polar surface area (TPSA) is 91.4 Å². The van der Waals surface area contributed by atoms with Crippen LogP contribution in [0.2, 0.25) is 0 Å². The van der Waals surface area contributed by atoms with E-state index in [-0.39, 0.29) is 25.1 Å². The van der Waals surface area contributed by atoms with Crippen LogP contribution < -0.4 is 23.8 Å². The molecule has 2 amide bonds. The molecule has 4 atom stereocenters. The standard InChI is InChI=1S/C41H26FNO7/c42-27-13-15-28(16-14-27)43-37(44)35-36(38(43)45)41(26-9-5-2-6-10-26)34(24-12-18-30-32(20-24)50-22-48-30)33(23-11-17-29-31(19-23)49-21-47-29)40(35,39(41)46)25-7-3-1-4-8-25/h1-20,35-36H,21-22H2/t35-,36-,40+,41+/m1/s1. The lowest BCUT2D eigenvalue weighted by Crippen LogP contribution is -2.45. The maximum Gasteiger partial charge on any atom is 0.239 e. The third-order valence-corrected chi connectivity index (χ3v) is 10.9. The lowest BCUT2D eigenvalue weighted by molar-refractivity contribution is -0.130. The van der Waals surface area contributed by atoms with Crippen LogP contribution in [0.5, 0.6) is 23.0 Å². The minimum absolute atomic E-state index is 0.0495. The average Bonchev–Trinajstić information content (AvgIpc) is 3.96. The van der Waals surface area contributed by atoms with Gasteiger partial charge in [-0.3, -0.25) is 14.4 Å². The zero-order chi connectivity index (χ0) is 33.8. The van der Waals surface area contributed by atoms with E-state index in [1.54, 1.807) is 12.1 Å². The molecule has 8 nitrogen and oxygen atoms in total. The van der Waals surface area contributed by atoms with Gasteiger partial charge in [0, 0.05) is 0 Å². The fourth-order valence-corrected chi connectivity index (χ4v) is 9.07. The highest BCUT2D eigenvalue weighted by atomic mass is 19.1. The number of carbonyl (C=O) groups is 3. The van der Waals surface area contributed by atoms with Crippen LogP contribution in [0.4, 0.5) is 10.1 Å². The van der Waals surface area contributed by atoms with Gasteiger partial charge in [-0.15, -0.1) is 0 Å². The van der Waals surface area contributed by atoms with E-state index < -0.39 is 40.3 Å². The Labute approximate surface area is 285 Å². The highest BCUT2D eigenvalue weighted by molar-refractivity contribution is 6.39. The maximum absolute atomic E-state index is 16.1. The van der Waals surface area contributed by atoms with Crippen molar-refractivity contribution in [1.29, 1.82) is 0 Å². The Kier molecular flexibility index (Phi) is 5.84. The monoisotopic (exact) mass is 663 g/mol. The SMILES string of the molecule is O=C1[C@H]2[C@H](C(=O)N1c1ccc(F)cc1)[C@@]1(c3ccccc3)C(=O)[C@@]2(c2ccccc2)C(c2ccc3c(c2)OCO3)=C1c1ccc2c(c1)OCO2. The number of rotatable bonds is 5. The minimum atomic E-state index is -1.62. The molecule has 2 fully saturated rings. The first-order valence-electron chi connectivity index (χ1n) is 16.3. The second-order valence-electron chi connectivity index (χ2n) is 13.0. The normalized spacial score (nSPS) is 25.5. The molecule has 5 aromatic carbocycles. The molecule has 3 heterocycles. The summed E-state index contributed by atoms with van der Waals surface area (Å²) < 4.78 is 37.1. The molecule has 50 heavy (non-hydrogen) atoms. The third-order valence-electron chi connectivity index (χ3n) is 10.9. The quantitative estimate of drug-likeness (QED) is 0.199. The van der Waals surface area contributed by atoms with Crippen LogP contribution >= 0.6 is 0 Å². The summed E-state index contributed by atoms with van der Waals surface area (Å²) in [5, 5.41) is 0. The van der Waals surface area contributed by atoms with Crippen molar-refractivity contribution in [3.8, 4) is 23.0 Å². The van der Waals surface area contributed by atoms with Gasteiger partial charge in [-0.05, 0) is 81.9 Å². The van der Waals surface area contributed by atoms with Crippen molar-refractivity contribution in [2.24, 2.45) is 11.8 Å². The van der Waals surface area contributed by atoms with Gasteiger partial charge < -0.3 is 18.9 Å². The molecule has 0 unspecified atom stereocenters. The van der Waals surface area contributed by atoms with E-state index in [0.717, 1.165) is 4.90 Å². The summed E-state index contributed by atoms with van der Waals surface area (Å²) >= 11 is 0. The van der Waals surface area contributed by atoms with Gasteiger partial charge >= 0.3 is 0 Å². The summed E-state index contributed by atoms with van der Waals surface area (Å²) in [6.45, 7) is 0.0990. The minimum Gasteiger partial charge on any atom is -0.454 e. The van der Waals surface area contributed by atoms with Crippen molar-refractivity contribution >= 4 is 34.4 Å². The number of Topliss-reactive ketones (excluding diaryl/α,β-unsaturated/α-hetero) is 1. The molecule has 2 aliphatic carbocycles. The Morgan fingerprint density at radius 3 is 1.44 bits per heavy atom. The molecule has 5 aliphatic rings. The Balaban J connectivity index is 1.37. The van der Waals surface area contributed by atoms with Crippen molar-refractivity contribution < 1.29 is 37.7 Å². The van der Waals surface area contributed by atoms with E-state index in [9.17, 15) is 4.39 Å². The Hall–Kier alpha value is -6.22. The van der Waals surface area contributed by atoms with Gasteiger partial charge in [0.05, 0.1) is 28.4 Å². The van der Waals surface area contributed by atoms with Gasteiger partial charge in [-0.2, -0.15) is 0 Å². The Bertz CT molecular complexity index is 2180. The van der Waals surface area contributed by atoms with Gasteiger partial charge in [0.25, 0.3) is 0 Å². The zero-order valence-corrected chi connectivity index (χ0v) is 26.3. The fourth-order valence-electron chi connectivity index (χ4n) is 9.07. The van der Waals surface area contributed by atoms with Crippen molar-refractivity contribution in [1.82, 2.24) is 0 Å². The predicted octanol–water partition coefficient (Wildman–Crippen LogP) is 6.47. The van der Waals surface area contributed by atoms with E-state index in [2.05, 4.69) is 0 Å². The molecule has 10 rings (SSSR count). The number of hydrogen-bond acceptors (Lipinski definition) is 7. The summed E-state index contributed by atoms with van der Waals surface area (Å²) in [5.41, 5.74) is 0.656. The molecule has 244 valence electrons. The number of amides is 2. The summed E-state index contributed by atoms with van der Waals surface area (Å²) in [7, 11) is 0. The van der Waals surface area contributed by atoms with E-state index in [1.165, 1.54) is 24.3 Å². The van der Waals surface area contributed by atoms with Crippen LogP contribution in [0.1, 0.15) is 22.3 Å². The molecule has 1 saturated heterocycles. The summed E-state index contributed by atoms with van der Waals surface area (Å²) in [6.07, 6.45) is 0. The molecular formula is C41H26FNO7. The number of benzene rings is 5. The number of ether oxygens (including phenoxy) is 4. The molecule has 1 saturated carbocycles. The second-order valence-corrected chi connectivity index (χ2v) is 13.0. The zero-order valence-electron chi connectivity index (χ0n) is 26.3. The lowest BCUT2D eigenvalue weighted by atomic mass is 9.59. The number of carbonyl (C=O) groups excluding carboxylic acids is 3. The number of imide groups is 1. The van der Waals surface area contributed by atoms with Crippen molar-refractivity contribution in [3.05, 3.63) is 149 Å². The molecule has 3 aliphatic heterocycles. The van der Waals surface area contributed by atoms with Crippen LogP contribution in [0.25, 0.3) is 11.1 Å². The number of fused-ring (bicyclic) bond motifs is 7. The number of hydrogen-bond donors (Lipinski definition) is 0.